The van der Waals surface area contributed by atoms with Crippen LogP contribution in [0.25, 0.3) is 6.08 Å². The van der Waals surface area contributed by atoms with Crippen LogP contribution in [0.15, 0.2) is 36.4 Å². The number of carbonyl (C=O) groups is 3. The van der Waals surface area contributed by atoms with Gasteiger partial charge in [0.2, 0.25) is 11.4 Å². The summed E-state index contributed by atoms with van der Waals surface area (Å²) >= 11 is 0. The van der Waals surface area contributed by atoms with Crippen LogP contribution in [-0.2, 0) is 19.1 Å². The predicted molar refractivity (Wildman–Crippen MR) is 93.1 cm³/mol. The monoisotopic (exact) mass is 331 g/mol. The van der Waals surface area contributed by atoms with Gasteiger partial charge in [-0.1, -0.05) is 63.3 Å². The van der Waals surface area contributed by atoms with Crippen molar-refractivity contribution in [3.05, 3.63) is 42.0 Å². The minimum atomic E-state index is -1.73. The topological polar surface area (TPSA) is 72.5 Å². The summed E-state index contributed by atoms with van der Waals surface area (Å²) in [4.78, 5) is 37.0. The van der Waals surface area contributed by atoms with Gasteiger partial charge in [0.1, 0.15) is 0 Å². The number of Topliss-reactive ketones (excluding diaryl/α,β-unsaturated/α-hetero) is 1. The fourth-order valence-electron chi connectivity index (χ4n) is 2.48. The van der Waals surface area contributed by atoms with Gasteiger partial charge >= 0.3 is 5.97 Å². The maximum absolute atomic E-state index is 12.9. The summed E-state index contributed by atoms with van der Waals surface area (Å²) in [6, 6.07) is 9.49. The second-order valence-electron chi connectivity index (χ2n) is 6.67. The molecule has 0 fully saturated rings. The molecule has 24 heavy (non-hydrogen) atoms. The van der Waals surface area contributed by atoms with Crippen molar-refractivity contribution in [2.45, 2.75) is 39.7 Å². The fraction of sp³-hybridized carbons (Fsp3) is 0.421. The van der Waals surface area contributed by atoms with Gasteiger partial charge in [0.25, 0.3) is 0 Å². The lowest BCUT2D eigenvalue weighted by Gasteiger charge is -2.34. The van der Waals surface area contributed by atoms with E-state index in [0.717, 1.165) is 5.56 Å². The first-order chi connectivity index (χ1) is 11.1. The second kappa shape index (κ2) is 7.90. The molecule has 0 aliphatic rings. The Balaban J connectivity index is 3.24. The molecule has 1 amide bonds. The maximum atomic E-state index is 12.9. The zero-order valence-electron chi connectivity index (χ0n) is 14.9. The highest BCUT2D eigenvalue weighted by Crippen LogP contribution is 2.28. The van der Waals surface area contributed by atoms with E-state index in [9.17, 15) is 14.4 Å². The average molecular weight is 331 g/mol. The van der Waals surface area contributed by atoms with Crippen molar-refractivity contribution in [2.24, 2.45) is 5.41 Å². The van der Waals surface area contributed by atoms with Gasteiger partial charge in [0.05, 0.1) is 7.11 Å². The zero-order valence-corrected chi connectivity index (χ0v) is 14.9. The Morgan fingerprint density at radius 1 is 1.12 bits per heavy atom. The average Bonchev–Trinajstić information content (AvgIpc) is 2.52. The van der Waals surface area contributed by atoms with Crippen LogP contribution < -0.4 is 5.32 Å². The normalized spacial score (nSPS) is 14.0. The number of methoxy groups -OCH3 is 1. The van der Waals surface area contributed by atoms with Crippen LogP contribution in [-0.4, -0.2) is 30.3 Å². The number of hydrogen-bond donors (Lipinski definition) is 1. The summed E-state index contributed by atoms with van der Waals surface area (Å²) in [6.45, 7) is 6.38. The molecule has 0 saturated heterocycles. The van der Waals surface area contributed by atoms with Crippen LogP contribution in [0.5, 0.6) is 0 Å². The number of rotatable bonds is 6. The minimum absolute atomic E-state index is 0.0181. The smallest absolute Gasteiger partial charge is 0.339 e. The molecule has 1 aromatic rings. The molecule has 0 aliphatic heterocycles. The van der Waals surface area contributed by atoms with Crippen molar-refractivity contribution in [3.8, 4) is 0 Å². The van der Waals surface area contributed by atoms with Gasteiger partial charge in [-0.25, -0.2) is 4.79 Å². The third-order valence-electron chi connectivity index (χ3n) is 3.53. The Morgan fingerprint density at radius 3 is 2.17 bits per heavy atom. The minimum Gasteiger partial charge on any atom is -0.467 e. The molecule has 0 heterocycles. The fourth-order valence-corrected chi connectivity index (χ4v) is 2.48. The molecule has 1 atom stereocenters. The number of ketones is 1. The highest BCUT2D eigenvalue weighted by Gasteiger charge is 2.50. The van der Waals surface area contributed by atoms with Crippen molar-refractivity contribution < 1.29 is 19.1 Å². The van der Waals surface area contributed by atoms with Gasteiger partial charge in [-0.3, -0.25) is 9.59 Å². The third kappa shape index (κ3) is 4.78. The molecule has 5 heteroatoms. The van der Waals surface area contributed by atoms with Gasteiger partial charge in [0.15, 0.2) is 5.78 Å². The lowest BCUT2D eigenvalue weighted by molar-refractivity contribution is -0.158. The standard InChI is InChI=1S/C19H25NO4/c1-14(21)20-19(17(23)24-5,16(22)18(2,3)4)13-9-12-15-10-7-6-8-11-15/h6-12H,13H2,1-5H3,(H,20,21)/b12-9+/t19-/m1/s1. The molecule has 0 saturated carbocycles. The molecule has 0 radical (unpaired) electrons. The molecular weight excluding hydrogens is 306 g/mol. The number of carbonyl (C=O) groups excluding carboxylic acids is 3. The maximum Gasteiger partial charge on any atom is 0.339 e. The summed E-state index contributed by atoms with van der Waals surface area (Å²) in [5.74, 6) is -1.63. The van der Waals surface area contributed by atoms with Gasteiger partial charge in [-0.05, 0) is 5.56 Å². The van der Waals surface area contributed by atoms with Crippen LogP contribution >= 0.6 is 0 Å². The highest BCUT2D eigenvalue weighted by molar-refractivity contribution is 6.12. The van der Waals surface area contributed by atoms with Crippen molar-refractivity contribution in [2.75, 3.05) is 7.11 Å². The van der Waals surface area contributed by atoms with Crippen molar-refractivity contribution in [3.63, 3.8) is 0 Å². The molecule has 0 unspecified atom stereocenters. The molecule has 0 spiro atoms. The summed E-state index contributed by atoms with van der Waals surface area (Å²) in [5, 5.41) is 2.52. The Bertz CT molecular complexity index is 629. The van der Waals surface area contributed by atoms with E-state index < -0.39 is 28.6 Å². The molecular formula is C19H25NO4. The predicted octanol–water partition coefficient (Wildman–Crippen LogP) is 2.75. The van der Waals surface area contributed by atoms with Crippen LogP contribution in [0.3, 0.4) is 0 Å². The Morgan fingerprint density at radius 2 is 1.71 bits per heavy atom. The summed E-state index contributed by atoms with van der Waals surface area (Å²) in [5.41, 5.74) is -1.62. The van der Waals surface area contributed by atoms with Crippen LogP contribution in [0.1, 0.15) is 39.7 Å². The van der Waals surface area contributed by atoms with Crippen LogP contribution in [0.2, 0.25) is 0 Å². The number of benzene rings is 1. The van der Waals surface area contributed by atoms with Gasteiger partial charge in [-0.2, -0.15) is 0 Å². The second-order valence-corrected chi connectivity index (χ2v) is 6.67. The number of esters is 1. The molecule has 5 nitrogen and oxygen atoms in total. The van der Waals surface area contributed by atoms with Gasteiger partial charge in [-0.15, -0.1) is 0 Å². The molecule has 1 aromatic carbocycles. The van der Waals surface area contributed by atoms with Crippen molar-refractivity contribution >= 4 is 23.7 Å². The number of hydrogen-bond acceptors (Lipinski definition) is 4. The summed E-state index contributed by atoms with van der Waals surface area (Å²) in [6.07, 6.45) is 3.52. The van der Waals surface area contributed by atoms with E-state index in [-0.39, 0.29) is 6.42 Å². The van der Waals surface area contributed by atoms with Gasteiger partial charge in [0, 0.05) is 18.8 Å². The number of ether oxygens (including phenoxy) is 1. The van der Waals surface area contributed by atoms with Crippen LogP contribution in [0, 0.1) is 5.41 Å². The van der Waals surface area contributed by atoms with E-state index in [1.54, 1.807) is 32.9 Å². The summed E-state index contributed by atoms with van der Waals surface area (Å²) in [7, 11) is 1.20. The highest BCUT2D eigenvalue weighted by atomic mass is 16.5. The lowest BCUT2D eigenvalue weighted by atomic mass is 9.76. The van der Waals surface area contributed by atoms with E-state index >= 15 is 0 Å². The Labute approximate surface area is 143 Å². The lowest BCUT2D eigenvalue weighted by Crippen LogP contribution is -2.62. The van der Waals surface area contributed by atoms with E-state index in [1.807, 2.05) is 30.3 Å². The number of nitrogens with one attached hydrogen (secondary N) is 1. The first-order valence-corrected chi connectivity index (χ1v) is 7.77. The summed E-state index contributed by atoms with van der Waals surface area (Å²) < 4.78 is 4.83. The third-order valence-corrected chi connectivity index (χ3v) is 3.53. The first-order valence-electron chi connectivity index (χ1n) is 7.77. The van der Waals surface area contributed by atoms with E-state index in [4.69, 9.17) is 4.74 Å². The molecule has 130 valence electrons. The first kappa shape index (κ1) is 19.6. The SMILES string of the molecule is COC(=O)[C@](C/C=C/c1ccccc1)(NC(C)=O)C(=O)C(C)(C)C. The van der Waals surface area contributed by atoms with Gasteiger partial charge < -0.3 is 10.1 Å². The molecule has 1 rings (SSSR count). The molecule has 0 aliphatic carbocycles. The van der Waals surface area contributed by atoms with Crippen molar-refractivity contribution in [1.82, 2.24) is 5.32 Å². The Hall–Kier alpha value is -2.43. The largest absolute Gasteiger partial charge is 0.467 e. The molecule has 0 aromatic heterocycles. The zero-order chi connectivity index (χ0) is 18.4. The van der Waals surface area contributed by atoms with E-state index in [2.05, 4.69) is 5.32 Å². The van der Waals surface area contributed by atoms with E-state index in [1.165, 1.54) is 14.0 Å². The van der Waals surface area contributed by atoms with Crippen molar-refractivity contribution in [1.29, 1.82) is 0 Å². The molecule has 0 bridgehead atoms. The van der Waals surface area contributed by atoms with E-state index in [0.29, 0.717) is 0 Å². The molecule has 1 N–H and O–H groups in total. The quantitative estimate of drug-likeness (QED) is 0.642. The van der Waals surface area contributed by atoms with Crippen LogP contribution in [0.4, 0.5) is 0 Å². The number of amides is 1. The Kier molecular flexibility index (Phi) is 6.46.